The van der Waals surface area contributed by atoms with Gasteiger partial charge in [-0.1, -0.05) is 0 Å². The van der Waals surface area contributed by atoms with Gasteiger partial charge in [0.05, 0.1) is 0 Å². The number of sulfonamides is 1. The van der Waals surface area contributed by atoms with Gasteiger partial charge in [-0.2, -0.15) is 5.26 Å². The minimum Gasteiger partial charge on any atom is -0.475 e. The highest BCUT2D eigenvalue weighted by atomic mass is 32.2. The molecule has 1 heterocycles. The molecule has 0 radical (unpaired) electrons. The Morgan fingerprint density at radius 1 is 1.67 bits per heavy atom. The molecular weight excluding hydrogens is 224 g/mol. The Balaban J connectivity index is 3.29. The minimum absolute atomic E-state index is 0.0878. The summed E-state index contributed by atoms with van der Waals surface area (Å²) < 4.78 is 28.8. The molecule has 0 spiro atoms. The summed E-state index contributed by atoms with van der Waals surface area (Å²) in [5.74, 6) is -1.96. The molecule has 0 bridgehead atoms. The minimum atomic E-state index is -4.02. The summed E-state index contributed by atoms with van der Waals surface area (Å²) in [5.41, 5.74) is 0. The fourth-order valence-electron chi connectivity index (χ4n) is 0.953. The van der Waals surface area contributed by atoms with Crippen molar-refractivity contribution in [3.63, 3.8) is 0 Å². The van der Waals surface area contributed by atoms with Gasteiger partial charge in [0.15, 0.2) is 6.19 Å². The molecule has 0 amide bonds. The van der Waals surface area contributed by atoms with Crippen LogP contribution in [-0.2, 0) is 10.0 Å². The highest BCUT2D eigenvalue weighted by molar-refractivity contribution is 7.89. The number of carboxylic acid groups (broad SMARTS) is 1. The molecule has 0 aliphatic carbocycles. The molecule has 7 nitrogen and oxygen atoms in total. The average molecular weight is 230 g/mol. The van der Waals surface area contributed by atoms with Crippen LogP contribution in [0.25, 0.3) is 0 Å². The van der Waals surface area contributed by atoms with Crippen LogP contribution < -0.4 is 4.72 Å². The molecule has 15 heavy (non-hydrogen) atoms. The molecule has 2 N–H and O–H groups in total. The van der Waals surface area contributed by atoms with Crippen LogP contribution in [-0.4, -0.2) is 19.5 Å². The summed E-state index contributed by atoms with van der Waals surface area (Å²) in [5, 5.41) is 16.7. The predicted molar refractivity (Wildman–Crippen MR) is 46.3 cm³/mol. The standard InChI is InChI=1S/C7H6N2O5S/c1-4-6(15(12,13)9-3-8)2-5(14-4)7(10)11/h2,9H,1H3,(H,10,11). The van der Waals surface area contributed by atoms with Crippen LogP contribution in [0, 0.1) is 18.4 Å². The zero-order chi connectivity index (χ0) is 11.6. The lowest BCUT2D eigenvalue weighted by Crippen LogP contribution is -2.18. The van der Waals surface area contributed by atoms with Crippen LogP contribution in [0.2, 0.25) is 0 Å². The van der Waals surface area contributed by atoms with Gasteiger partial charge >= 0.3 is 5.97 Å². The third-order valence-corrected chi connectivity index (χ3v) is 2.90. The van der Waals surface area contributed by atoms with E-state index in [1.165, 1.54) is 13.1 Å². The fourth-order valence-corrected chi connectivity index (χ4v) is 1.87. The molecule has 0 unspecified atom stereocenters. The number of carbonyl (C=O) groups is 1. The van der Waals surface area contributed by atoms with Gasteiger partial charge < -0.3 is 9.52 Å². The number of aryl methyl sites for hydroxylation is 1. The van der Waals surface area contributed by atoms with Gasteiger partial charge in [0, 0.05) is 6.07 Å². The fraction of sp³-hybridized carbons (Fsp3) is 0.143. The topological polar surface area (TPSA) is 120 Å². The summed E-state index contributed by atoms with van der Waals surface area (Å²) in [4.78, 5) is 10.1. The Kier molecular flexibility index (Phi) is 2.67. The van der Waals surface area contributed by atoms with Crippen molar-refractivity contribution < 1.29 is 22.7 Å². The van der Waals surface area contributed by atoms with Crippen LogP contribution in [0.4, 0.5) is 0 Å². The van der Waals surface area contributed by atoms with E-state index in [1.54, 1.807) is 4.72 Å². The average Bonchev–Trinajstić information content (AvgIpc) is 2.47. The number of nitrogens with one attached hydrogen (secondary N) is 1. The molecule has 0 atom stereocenters. The SMILES string of the molecule is Cc1oc(C(=O)O)cc1S(=O)(=O)NC#N. The first-order valence-corrected chi connectivity index (χ1v) is 5.11. The second kappa shape index (κ2) is 3.62. The van der Waals surface area contributed by atoms with Gasteiger partial charge in [0.2, 0.25) is 5.76 Å². The van der Waals surface area contributed by atoms with Crippen molar-refractivity contribution in [1.82, 2.24) is 4.72 Å². The van der Waals surface area contributed by atoms with E-state index in [1.807, 2.05) is 0 Å². The quantitative estimate of drug-likeness (QED) is 0.558. The second-order valence-electron chi connectivity index (χ2n) is 2.55. The van der Waals surface area contributed by atoms with E-state index in [0.717, 1.165) is 6.07 Å². The molecule has 8 heteroatoms. The van der Waals surface area contributed by atoms with E-state index in [4.69, 9.17) is 10.4 Å². The normalized spacial score (nSPS) is 10.7. The van der Waals surface area contributed by atoms with Crippen LogP contribution >= 0.6 is 0 Å². The predicted octanol–water partition coefficient (Wildman–Crippen LogP) is 0.0456. The van der Waals surface area contributed by atoms with E-state index >= 15 is 0 Å². The van der Waals surface area contributed by atoms with Crippen molar-refractivity contribution in [1.29, 1.82) is 5.26 Å². The lowest BCUT2D eigenvalue weighted by Gasteiger charge is -1.96. The van der Waals surface area contributed by atoms with E-state index in [-0.39, 0.29) is 10.7 Å². The summed E-state index contributed by atoms with van der Waals surface area (Å²) >= 11 is 0. The number of nitriles is 1. The van der Waals surface area contributed by atoms with Gasteiger partial charge in [-0.25, -0.2) is 17.9 Å². The van der Waals surface area contributed by atoms with E-state index in [9.17, 15) is 13.2 Å². The van der Waals surface area contributed by atoms with Gasteiger partial charge in [0.25, 0.3) is 10.0 Å². The first-order valence-electron chi connectivity index (χ1n) is 3.63. The maximum absolute atomic E-state index is 11.3. The monoisotopic (exact) mass is 230 g/mol. The molecule has 0 aliphatic heterocycles. The van der Waals surface area contributed by atoms with E-state index in [2.05, 4.69) is 4.42 Å². The molecule has 0 fully saturated rings. The molecule has 1 rings (SSSR count). The van der Waals surface area contributed by atoms with Crippen LogP contribution in [0.5, 0.6) is 0 Å². The number of aromatic carboxylic acids is 1. The number of furan rings is 1. The number of rotatable bonds is 3. The Labute approximate surface area is 85.0 Å². The zero-order valence-corrected chi connectivity index (χ0v) is 8.33. The number of hydrogen-bond donors (Lipinski definition) is 2. The Morgan fingerprint density at radius 2 is 2.27 bits per heavy atom. The smallest absolute Gasteiger partial charge is 0.371 e. The Hall–Kier alpha value is -2.01. The van der Waals surface area contributed by atoms with Gasteiger partial charge in [-0.05, 0) is 6.92 Å². The van der Waals surface area contributed by atoms with Crippen LogP contribution in [0.15, 0.2) is 15.4 Å². The molecule has 1 aromatic heterocycles. The van der Waals surface area contributed by atoms with Crippen LogP contribution in [0.3, 0.4) is 0 Å². The number of hydrogen-bond acceptors (Lipinski definition) is 5. The van der Waals surface area contributed by atoms with Crippen molar-refractivity contribution in [2.45, 2.75) is 11.8 Å². The second-order valence-corrected chi connectivity index (χ2v) is 4.20. The lowest BCUT2D eigenvalue weighted by molar-refractivity contribution is 0.0661. The first-order chi connectivity index (χ1) is 6.88. The maximum Gasteiger partial charge on any atom is 0.371 e. The summed E-state index contributed by atoms with van der Waals surface area (Å²) in [6.45, 7) is 1.29. The highest BCUT2D eigenvalue weighted by Gasteiger charge is 2.23. The maximum atomic E-state index is 11.3. The van der Waals surface area contributed by atoms with Crippen LogP contribution in [0.1, 0.15) is 16.3 Å². The lowest BCUT2D eigenvalue weighted by atomic mass is 10.4. The van der Waals surface area contributed by atoms with Crippen molar-refractivity contribution in [3.8, 4) is 6.19 Å². The third-order valence-electron chi connectivity index (χ3n) is 1.55. The molecule has 0 aromatic carbocycles. The summed E-state index contributed by atoms with van der Waals surface area (Å²) in [6.07, 6.45) is 1.25. The van der Waals surface area contributed by atoms with Gasteiger partial charge in [0.1, 0.15) is 10.7 Å². The zero-order valence-electron chi connectivity index (χ0n) is 7.51. The van der Waals surface area contributed by atoms with Gasteiger partial charge in [-0.3, -0.25) is 0 Å². The molecule has 80 valence electrons. The van der Waals surface area contributed by atoms with Gasteiger partial charge in [-0.15, -0.1) is 0 Å². The van der Waals surface area contributed by atoms with E-state index in [0.29, 0.717) is 0 Å². The van der Waals surface area contributed by atoms with Crippen molar-refractivity contribution in [2.75, 3.05) is 0 Å². The van der Waals surface area contributed by atoms with E-state index < -0.39 is 21.8 Å². The van der Waals surface area contributed by atoms with Crippen molar-refractivity contribution in [3.05, 3.63) is 17.6 Å². The highest BCUT2D eigenvalue weighted by Crippen LogP contribution is 2.19. The largest absolute Gasteiger partial charge is 0.475 e. The summed E-state index contributed by atoms with van der Waals surface area (Å²) in [7, 11) is -4.02. The molecule has 0 aliphatic rings. The first kappa shape index (κ1) is 11.1. The Morgan fingerprint density at radius 3 is 2.67 bits per heavy atom. The van der Waals surface area contributed by atoms with Crippen molar-refractivity contribution >= 4 is 16.0 Å². The molecule has 1 aromatic rings. The summed E-state index contributed by atoms with van der Waals surface area (Å²) in [6, 6.07) is 0.845. The molecular formula is C7H6N2O5S. The number of carboxylic acids is 1. The molecule has 0 saturated carbocycles. The number of nitrogens with zero attached hydrogens (tertiary/aromatic N) is 1. The molecule has 0 saturated heterocycles. The van der Waals surface area contributed by atoms with Crippen molar-refractivity contribution in [2.24, 2.45) is 0 Å². The third kappa shape index (κ3) is 2.08. The Bertz CT molecular complexity index is 536.